The normalized spacial score (nSPS) is 11.1. The summed E-state index contributed by atoms with van der Waals surface area (Å²) in [5, 5.41) is 13.4. The van der Waals surface area contributed by atoms with Crippen molar-refractivity contribution in [2.75, 3.05) is 11.9 Å². The van der Waals surface area contributed by atoms with Gasteiger partial charge in [-0.3, -0.25) is 4.79 Å². The fourth-order valence-electron chi connectivity index (χ4n) is 3.23. The highest BCUT2D eigenvalue weighted by molar-refractivity contribution is 6.35. The fourth-order valence-corrected chi connectivity index (χ4v) is 3.69. The van der Waals surface area contributed by atoms with Gasteiger partial charge in [-0.25, -0.2) is 0 Å². The highest BCUT2D eigenvalue weighted by Crippen LogP contribution is 2.31. The first-order valence-corrected chi connectivity index (χ1v) is 12.1. The van der Waals surface area contributed by atoms with Gasteiger partial charge in [0.15, 0.2) is 11.5 Å². The number of carbonyl (C=O) groups is 1. The van der Waals surface area contributed by atoms with E-state index < -0.39 is 5.91 Å². The van der Waals surface area contributed by atoms with E-state index in [-0.39, 0.29) is 18.3 Å². The third kappa shape index (κ3) is 7.67. The topological polar surface area (TPSA) is 80.6 Å². The number of halogens is 2. The van der Waals surface area contributed by atoms with E-state index in [1.54, 1.807) is 60.7 Å². The van der Waals surface area contributed by atoms with Crippen LogP contribution in [0.15, 0.2) is 66.2 Å². The zero-order valence-electron chi connectivity index (χ0n) is 20.2. The molecule has 3 rings (SSSR count). The van der Waals surface area contributed by atoms with Crippen LogP contribution in [0.4, 0.5) is 5.69 Å². The molecule has 186 valence electrons. The van der Waals surface area contributed by atoms with Crippen LogP contribution < -0.4 is 19.5 Å². The van der Waals surface area contributed by atoms with Crippen LogP contribution in [0.25, 0.3) is 6.08 Å². The standard InChI is InChI=1S/C28H26Cl2N2O4/c1-4-34-27-13-19(8-11-26(27)35-17-20-9-10-22(29)14-25(20)30)12-21(16-31)28(33)32-23-6-5-7-24(15-23)36-18(2)3/h5-15,18H,4,17H2,1-3H3,(H,32,33)/b21-12-. The van der Waals surface area contributed by atoms with Crippen LogP contribution in [0.2, 0.25) is 10.0 Å². The van der Waals surface area contributed by atoms with Gasteiger partial charge < -0.3 is 19.5 Å². The number of hydrogen-bond donors (Lipinski definition) is 1. The zero-order chi connectivity index (χ0) is 26.1. The Hall–Kier alpha value is -3.66. The van der Waals surface area contributed by atoms with E-state index >= 15 is 0 Å². The molecule has 36 heavy (non-hydrogen) atoms. The Morgan fingerprint density at radius 2 is 1.86 bits per heavy atom. The van der Waals surface area contributed by atoms with Crippen LogP contribution in [0.1, 0.15) is 31.9 Å². The minimum absolute atomic E-state index is 0.000167. The number of rotatable bonds is 10. The Bertz CT molecular complexity index is 1300. The van der Waals surface area contributed by atoms with E-state index in [1.165, 1.54) is 6.08 Å². The highest BCUT2D eigenvalue weighted by Gasteiger charge is 2.13. The van der Waals surface area contributed by atoms with Gasteiger partial charge >= 0.3 is 0 Å². The monoisotopic (exact) mass is 524 g/mol. The lowest BCUT2D eigenvalue weighted by Gasteiger charge is -2.14. The van der Waals surface area contributed by atoms with E-state index in [0.717, 1.165) is 5.56 Å². The maximum Gasteiger partial charge on any atom is 0.266 e. The van der Waals surface area contributed by atoms with E-state index in [4.69, 9.17) is 37.4 Å². The number of ether oxygens (including phenoxy) is 3. The molecule has 0 atom stereocenters. The first kappa shape index (κ1) is 26.9. The largest absolute Gasteiger partial charge is 0.491 e. The second-order valence-corrected chi connectivity index (χ2v) is 8.83. The quantitative estimate of drug-likeness (QED) is 0.222. The number of anilines is 1. The number of nitrogens with zero attached hydrogens (tertiary/aromatic N) is 1. The summed E-state index contributed by atoms with van der Waals surface area (Å²) in [6.07, 6.45) is 1.49. The second-order valence-electron chi connectivity index (χ2n) is 7.98. The lowest BCUT2D eigenvalue weighted by Crippen LogP contribution is -2.13. The first-order chi connectivity index (χ1) is 17.3. The summed E-state index contributed by atoms with van der Waals surface area (Å²) in [4.78, 5) is 12.8. The van der Waals surface area contributed by atoms with Crippen molar-refractivity contribution in [2.45, 2.75) is 33.5 Å². The molecule has 0 fully saturated rings. The summed E-state index contributed by atoms with van der Waals surface area (Å²) in [6.45, 7) is 6.32. The van der Waals surface area contributed by atoms with Crippen molar-refractivity contribution in [2.24, 2.45) is 0 Å². The van der Waals surface area contributed by atoms with Gasteiger partial charge in [0.05, 0.1) is 12.7 Å². The Kier molecular flexibility index (Phi) is 9.63. The number of amides is 1. The lowest BCUT2D eigenvalue weighted by atomic mass is 10.1. The third-order valence-corrected chi connectivity index (χ3v) is 5.39. The summed E-state index contributed by atoms with van der Waals surface area (Å²) in [5.41, 5.74) is 1.85. The molecule has 0 radical (unpaired) electrons. The molecule has 1 amide bonds. The van der Waals surface area contributed by atoms with Gasteiger partial charge in [-0.15, -0.1) is 0 Å². The summed E-state index contributed by atoms with van der Waals surface area (Å²) >= 11 is 12.2. The molecule has 1 N–H and O–H groups in total. The Morgan fingerprint density at radius 3 is 2.56 bits per heavy atom. The van der Waals surface area contributed by atoms with Crippen molar-refractivity contribution >= 4 is 40.9 Å². The van der Waals surface area contributed by atoms with E-state index in [1.807, 2.05) is 26.8 Å². The fraction of sp³-hybridized carbons (Fsp3) is 0.214. The molecular weight excluding hydrogens is 499 g/mol. The highest BCUT2D eigenvalue weighted by atomic mass is 35.5. The third-order valence-electron chi connectivity index (χ3n) is 4.81. The minimum atomic E-state index is -0.533. The molecule has 0 bridgehead atoms. The van der Waals surface area contributed by atoms with Crippen LogP contribution >= 0.6 is 23.2 Å². The van der Waals surface area contributed by atoms with Gasteiger partial charge in [-0.05, 0) is 68.8 Å². The zero-order valence-corrected chi connectivity index (χ0v) is 21.7. The SMILES string of the molecule is CCOc1cc(/C=C(/C#N)C(=O)Nc2cccc(OC(C)C)c2)ccc1OCc1ccc(Cl)cc1Cl. The molecule has 0 aliphatic rings. The summed E-state index contributed by atoms with van der Waals surface area (Å²) in [5.74, 6) is 1.08. The molecule has 0 aromatic heterocycles. The summed E-state index contributed by atoms with van der Waals surface area (Å²) < 4.78 is 17.3. The van der Waals surface area contributed by atoms with Crippen LogP contribution in [-0.4, -0.2) is 18.6 Å². The Labute approximate surface area is 221 Å². The maximum absolute atomic E-state index is 12.8. The lowest BCUT2D eigenvalue weighted by molar-refractivity contribution is -0.112. The van der Waals surface area contributed by atoms with Crippen molar-refractivity contribution in [3.63, 3.8) is 0 Å². The molecule has 0 saturated heterocycles. The summed E-state index contributed by atoms with van der Waals surface area (Å²) in [6, 6.07) is 19.3. The van der Waals surface area contributed by atoms with Gasteiger partial charge in [0.2, 0.25) is 0 Å². The van der Waals surface area contributed by atoms with Crippen molar-refractivity contribution in [3.8, 4) is 23.3 Å². The predicted molar refractivity (Wildman–Crippen MR) is 143 cm³/mol. The number of carbonyl (C=O) groups excluding carboxylic acids is 1. The molecular formula is C28H26Cl2N2O4. The Morgan fingerprint density at radius 1 is 1.06 bits per heavy atom. The minimum Gasteiger partial charge on any atom is -0.491 e. The Balaban J connectivity index is 1.77. The van der Waals surface area contributed by atoms with Gasteiger partial charge in [-0.2, -0.15) is 5.26 Å². The number of nitriles is 1. The van der Waals surface area contributed by atoms with E-state index in [2.05, 4.69) is 5.32 Å². The molecule has 6 nitrogen and oxygen atoms in total. The summed E-state index contributed by atoms with van der Waals surface area (Å²) in [7, 11) is 0. The van der Waals surface area contributed by atoms with E-state index in [9.17, 15) is 10.1 Å². The molecule has 0 spiro atoms. The van der Waals surface area contributed by atoms with Crippen LogP contribution in [0.5, 0.6) is 17.2 Å². The van der Waals surface area contributed by atoms with Gasteiger partial charge in [0.25, 0.3) is 5.91 Å². The molecule has 0 heterocycles. The number of hydrogen-bond acceptors (Lipinski definition) is 5. The van der Waals surface area contributed by atoms with Crippen molar-refractivity contribution in [1.29, 1.82) is 5.26 Å². The molecule has 8 heteroatoms. The molecule has 0 unspecified atom stereocenters. The first-order valence-electron chi connectivity index (χ1n) is 11.3. The van der Waals surface area contributed by atoms with Crippen LogP contribution in [-0.2, 0) is 11.4 Å². The average Bonchev–Trinajstić information content (AvgIpc) is 2.83. The second kappa shape index (κ2) is 12.9. The van der Waals surface area contributed by atoms with Crippen LogP contribution in [0, 0.1) is 11.3 Å². The molecule has 0 saturated carbocycles. The van der Waals surface area contributed by atoms with Crippen LogP contribution in [0.3, 0.4) is 0 Å². The molecule has 0 aliphatic heterocycles. The molecule has 3 aromatic carbocycles. The smallest absolute Gasteiger partial charge is 0.266 e. The van der Waals surface area contributed by atoms with Crippen molar-refractivity contribution in [1.82, 2.24) is 0 Å². The molecule has 3 aromatic rings. The number of nitrogens with one attached hydrogen (secondary N) is 1. The maximum atomic E-state index is 12.8. The van der Waals surface area contributed by atoms with Gasteiger partial charge in [0, 0.05) is 27.4 Å². The van der Waals surface area contributed by atoms with Crippen molar-refractivity contribution < 1.29 is 19.0 Å². The predicted octanol–water partition coefficient (Wildman–Crippen LogP) is 7.30. The van der Waals surface area contributed by atoms with Gasteiger partial charge in [-0.1, -0.05) is 41.4 Å². The number of benzene rings is 3. The average molecular weight is 525 g/mol. The molecule has 0 aliphatic carbocycles. The van der Waals surface area contributed by atoms with Gasteiger partial charge in [0.1, 0.15) is 24.0 Å². The van der Waals surface area contributed by atoms with E-state index in [0.29, 0.717) is 45.2 Å². The van der Waals surface area contributed by atoms with Crippen molar-refractivity contribution in [3.05, 3.63) is 87.4 Å².